The molecule has 0 bridgehead atoms. The third kappa shape index (κ3) is 2.98. The molecule has 0 aliphatic carbocycles. The minimum Gasteiger partial charge on any atom is -0.508 e. The maximum Gasteiger partial charge on any atom is 0.258 e. The van der Waals surface area contributed by atoms with Crippen LogP contribution >= 0.6 is 0 Å². The van der Waals surface area contributed by atoms with Crippen LogP contribution in [-0.4, -0.2) is 46.7 Å². The Morgan fingerprint density at radius 1 is 1.47 bits per heavy atom. The average molecular weight is 264 g/mol. The van der Waals surface area contributed by atoms with E-state index in [-0.39, 0.29) is 29.0 Å². The minimum absolute atomic E-state index is 0.0119. The van der Waals surface area contributed by atoms with E-state index in [9.17, 15) is 15.0 Å². The summed E-state index contributed by atoms with van der Waals surface area (Å²) >= 11 is 0. The van der Waals surface area contributed by atoms with Gasteiger partial charge in [-0.3, -0.25) is 4.79 Å². The Morgan fingerprint density at radius 3 is 2.89 bits per heavy atom. The Morgan fingerprint density at radius 2 is 2.26 bits per heavy atom. The van der Waals surface area contributed by atoms with Crippen molar-refractivity contribution in [1.82, 2.24) is 10.2 Å². The van der Waals surface area contributed by atoms with E-state index < -0.39 is 0 Å². The third-order valence-electron chi connectivity index (χ3n) is 3.41. The molecule has 1 heterocycles. The molecule has 1 fully saturated rings. The van der Waals surface area contributed by atoms with Gasteiger partial charge in [-0.15, -0.1) is 0 Å². The molecule has 19 heavy (non-hydrogen) atoms. The molecule has 5 heteroatoms. The van der Waals surface area contributed by atoms with Gasteiger partial charge in [0, 0.05) is 19.1 Å². The number of aromatic hydroxyl groups is 2. The average Bonchev–Trinajstić information content (AvgIpc) is 2.92. The van der Waals surface area contributed by atoms with E-state index in [2.05, 4.69) is 5.32 Å². The van der Waals surface area contributed by atoms with Gasteiger partial charge in [0.1, 0.15) is 11.5 Å². The van der Waals surface area contributed by atoms with Gasteiger partial charge in [0.2, 0.25) is 0 Å². The Kier molecular flexibility index (Phi) is 4.27. The smallest absolute Gasteiger partial charge is 0.258 e. The largest absolute Gasteiger partial charge is 0.508 e. The summed E-state index contributed by atoms with van der Waals surface area (Å²) in [4.78, 5) is 14.3. The van der Waals surface area contributed by atoms with Gasteiger partial charge in [-0.2, -0.15) is 0 Å². The number of phenols is 2. The van der Waals surface area contributed by atoms with E-state index >= 15 is 0 Å². The van der Waals surface area contributed by atoms with Crippen molar-refractivity contribution < 1.29 is 15.0 Å². The predicted octanol–water partition coefficient (Wildman–Crippen LogP) is 1.31. The lowest BCUT2D eigenvalue weighted by Crippen LogP contribution is -2.42. The number of benzene rings is 1. The highest BCUT2D eigenvalue weighted by Crippen LogP contribution is 2.25. The molecular formula is C14H20N2O3. The number of phenolic OH excluding ortho intramolecular Hbond substituents is 2. The fraction of sp³-hybridized carbons (Fsp3) is 0.500. The molecule has 1 aromatic carbocycles. The van der Waals surface area contributed by atoms with Gasteiger partial charge in [-0.25, -0.2) is 0 Å². The summed E-state index contributed by atoms with van der Waals surface area (Å²) in [6, 6.07) is 4.20. The molecule has 104 valence electrons. The van der Waals surface area contributed by atoms with E-state index in [1.807, 2.05) is 6.92 Å². The van der Waals surface area contributed by atoms with Crippen molar-refractivity contribution >= 4 is 5.91 Å². The fourth-order valence-corrected chi connectivity index (χ4v) is 2.45. The van der Waals surface area contributed by atoms with Crippen LogP contribution in [0.15, 0.2) is 18.2 Å². The number of carbonyl (C=O) groups excluding carboxylic acids is 1. The summed E-state index contributed by atoms with van der Waals surface area (Å²) in [6.45, 7) is 4.36. The van der Waals surface area contributed by atoms with Gasteiger partial charge in [-0.05, 0) is 37.6 Å². The Balaban J connectivity index is 2.25. The first-order valence-corrected chi connectivity index (χ1v) is 6.67. The van der Waals surface area contributed by atoms with Crippen LogP contribution in [0.2, 0.25) is 0 Å². The minimum atomic E-state index is -0.219. The van der Waals surface area contributed by atoms with Crippen molar-refractivity contribution in [1.29, 1.82) is 0 Å². The molecule has 5 nitrogen and oxygen atoms in total. The fourth-order valence-electron chi connectivity index (χ4n) is 2.45. The van der Waals surface area contributed by atoms with Crippen molar-refractivity contribution in [2.45, 2.75) is 25.8 Å². The Hall–Kier alpha value is -1.75. The lowest BCUT2D eigenvalue weighted by atomic mass is 10.1. The zero-order valence-corrected chi connectivity index (χ0v) is 11.1. The van der Waals surface area contributed by atoms with Crippen LogP contribution in [-0.2, 0) is 0 Å². The molecule has 1 aliphatic heterocycles. The first-order valence-electron chi connectivity index (χ1n) is 6.67. The predicted molar refractivity (Wildman–Crippen MR) is 72.4 cm³/mol. The number of nitrogens with one attached hydrogen (secondary N) is 1. The molecule has 0 radical (unpaired) electrons. The van der Waals surface area contributed by atoms with Crippen molar-refractivity contribution in [3.05, 3.63) is 23.8 Å². The van der Waals surface area contributed by atoms with Crippen LogP contribution in [0.5, 0.6) is 11.5 Å². The number of hydrogen-bond donors (Lipinski definition) is 3. The highest BCUT2D eigenvalue weighted by Gasteiger charge is 2.28. The highest BCUT2D eigenvalue weighted by molar-refractivity contribution is 5.97. The summed E-state index contributed by atoms with van der Waals surface area (Å²) in [6.07, 6.45) is 1.78. The SMILES string of the molecule is CCCN(C(=O)c1cc(O)ccc1O)C1CCNC1. The second-order valence-electron chi connectivity index (χ2n) is 4.85. The monoisotopic (exact) mass is 264 g/mol. The van der Waals surface area contributed by atoms with Gasteiger partial charge >= 0.3 is 0 Å². The summed E-state index contributed by atoms with van der Waals surface area (Å²) < 4.78 is 0. The van der Waals surface area contributed by atoms with Gasteiger partial charge in [0.25, 0.3) is 5.91 Å². The van der Waals surface area contributed by atoms with E-state index in [1.54, 1.807) is 4.90 Å². The second kappa shape index (κ2) is 5.93. The summed E-state index contributed by atoms with van der Waals surface area (Å²) in [5.74, 6) is -0.319. The maximum atomic E-state index is 12.5. The molecule has 1 aliphatic rings. The Bertz CT molecular complexity index is 456. The van der Waals surface area contributed by atoms with Crippen LogP contribution in [0.4, 0.5) is 0 Å². The first-order chi connectivity index (χ1) is 9.13. The number of rotatable bonds is 4. The van der Waals surface area contributed by atoms with Crippen LogP contribution < -0.4 is 5.32 Å². The molecule has 0 spiro atoms. The lowest BCUT2D eigenvalue weighted by Gasteiger charge is -2.28. The quantitative estimate of drug-likeness (QED) is 0.717. The van der Waals surface area contributed by atoms with Crippen LogP contribution in [0, 0.1) is 0 Å². The zero-order chi connectivity index (χ0) is 13.8. The van der Waals surface area contributed by atoms with Gasteiger partial charge in [0.15, 0.2) is 0 Å². The molecule has 2 rings (SSSR count). The van der Waals surface area contributed by atoms with Gasteiger partial charge in [-0.1, -0.05) is 6.92 Å². The van der Waals surface area contributed by atoms with E-state index in [1.165, 1.54) is 18.2 Å². The normalized spacial score (nSPS) is 18.5. The van der Waals surface area contributed by atoms with Gasteiger partial charge in [0.05, 0.1) is 5.56 Å². The summed E-state index contributed by atoms with van der Waals surface area (Å²) in [5.41, 5.74) is 0.167. The van der Waals surface area contributed by atoms with Crippen LogP contribution in [0.25, 0.3) is 0 Å². The number of carbonyl (C=O) groups is 1. The van der Waals surface area contributed by atoms with Crippen molar-refractivity contribution in [2.24, 2.45) is 0 Å². The van der Waals surface area contributed by atoms with E-state index in [4.69, 9.17) is 0 Å². The van der Waals surface area contributed by atoms with Crippen LogP contribution in [0.1, 0.15) is 30.1 Å². The molecule has 1 aromatic rings. The first kappa shape index (κ1) is 13.7. The van der Waals surface area contributed by atoms with Crippen LogP contribution in [0.3, 0.4) is 0 Å². The second-order valence-corrected chi connectivity index (χ2v) is 4.85. The lowest BCUT2D eigenvalue weighted by molar-refractivity contribution is 0.0688. The van der Waals surface area contributed by atoms with E-state index in [0.717, 1.165) is 25.9 Å². The summed E-state index contributed by atoms with van der Waals surface area (Å²) in [5, 5.41) is 22.5. The zero-order valence-electron chi connectivity index (χ0n) is 11.1. The maximum absolute atomic E-state index is 12.5. The topological polar surface area (TPSA) is 72.8 Å². The molecule has 1 atom stereocenters. The van der Waals surface area contributed by atoms with E-state index in [0.29, 0.717) is 6.54 Å². The van der Waals surface area contributed by atoms with Gasteiger partial charge < -0.3 is 20.4 Å². The standard InChI is InChI=1S/C14H20N2O3/c1-2-7-16(10-5-6-15-9-10)14(19)12-8-11(17)3-4-13(12)18/h3-4,8,10,15,17-18H,2,5-7,9H2,1H3. The number of hydrogen-bond acceptors (Lipinski definition) is 4. The number of amides is 1. The van der Waals surface area contributed by atoms with Crippen molar-refractivity contribution in [3.63, 3.8) is 0 Å². The molecular weight excluding hydrogens is 244 g/mol. The molecule has 1 unspecified atom stereocenters. The third-order valence-corrected chi connectivity index (χ3v) is 3.41. The van der Waals surface area contributed by atoms with Crippen molar-refractivity contribution in [3.8, 4) is 11.5 Å². The summed E-state index contributed by atoms with van der Waals surface area (Å²) in [7, 11) is 0. The molecule has 1 amide bonds. The molecule has 0 aromatic heterocycles. The molecule has 1 saturated heterocycles. The molecule has 0 saturated carbocycles. The highest BCUT2D eigenvalue weighted by atomic mass is 16.3. The molecule has 3 N–H and O–H groups in total. The number of nitrogens with zero attached hydrogens (tertiary/aromatic N) is 1. The Labute approximate surface area is 112 Å². The van der Waals surface area contributed by atoms with Crippen molar-refractivity contribution in [2.75, 3.05) is 19.6 Å².